The lowest BCUT2D eigenvalue weighted by Gasteiger charge is -2.26. The van der Waals surface area contributed by atoms with Crippen molar-refractivity contribution in [2.75, 3.05) is 13.1 Å². The summed E-state index contributed by atoms with van der Waals surface area (Å²) in [6.45, 7) is 10.8. The molecule has 0 unspecified atom stereocenters. The summed E-state index contributed by atoms with van der Waals surface area (Å²) in [7, 11) is 0. The maximum absolute atomic E-state index is 12.2. The summed E-state index contributed by atoms with van der Waals surface area (Å²) < 4.78 is 5.42. The smallest absolute Gasteiger partial charge is 0.410 e. The largest absolute Gasteiger partial charge is 0.444 e. The first-order valence-electron chi connectivity index (χ1n) is 6.71. The zero-order valence-corrected chi connectivity index (χ0v) is 13.0. The number of hydrogen-bond acceptors (Lipinski definition) is 2. The van der Waals surface area contributed by atoms with Gasteiger partial charge in [0.25, 0.3) is 0 Å². The number of carbonyl (C=O) groups is 1. The molecule has 0 spiro atoms. The van der Waals surface area contributed by atoms with Crippen LogP contribution in [0.15, 0.2) is 24.8 Å². The van der Waals surface area contributed by atoms with Crippen molar-refractivity contribution in [2.45, 2.75) is 32.8 Å². The Morgan fingerprint density at radius 2 is 2.10 bits per heavy atom. The van der Waals surface area contributed by atoms with Crippen LogP contribution >= 0.6 is 11.6 Å². The van der Waals surface area contributed by atoms with Crippen LogP contribution < -0.4 is 0 Å². The van der Waals surface area contributed by atoms with Crippen molar-refractivity contribution in [1.82, 2.24) is 4.90 Å². The molecule has 0 saturated carbocycles. The van der Waals surface area contributed by atoms with Crippen LogP contribution in [0.4, 0.5) is 4.79 Å². The lowest BCUT2D eigenvalue weighted by atomic mass is 10.0. The van der Waals surface area contributed by atoms with E-state index in [-0.39, 0.29) is 6.09 Å². The van der Waals surface area contributed by atoms with Crippen molar-refractivity contribution in [2.24, 2.45) is 0 Å². The predicted octanol–water partition coefficient (Wildman–Crippen LogP) is 4.15. The summed E-state index contributed by atoms with van der Waals surface area (Å²) in [6.07, 6.45) is 0.464. The average molecular weight is 294 g/mol. The molecule has 108 valence electrons. The average Bonchev–Trinajstić information content (AvgIpc) is 2.46. The second-order valence-electron chi connectivity index (χ2n) is 6.06. The second kappa shape index (κ2) is 5.49. The van der Waals surface area contributed by atoms with E-state index >= 15 is 0 Å². The van der Waals surface area contributed by atoms with Crippen LogP contribution in [0, 0.1) is 0 Å². The quantitative estimate of drug-likeness (QED) is 0.719. The lowest BCUT2D eigenvalue weighted by Crippen LogP contribution is -2.38. The Hall–Kier alpha value is -1.48. The fraction of sp³-hybridized carbons (Fsp3) is 0.438. The van der Waals surface area contributed by atoms with Gasteiger partial charge in [-0.2, -0.15) is 0 Å². The van der Waals surface area contributed by atoms with Gasteiger partial charge < -0.3 is 9.64 Å². The van der Waals surface area contributed by atoms with Gasteiger partial charge in [-0.3, -0.25) is 0 Å². The van der Waals surface area contributed by atoms with Gasteiger partial charge in [-0.15, -0.1) is 0 Å². The molecule has 1 amide bonds. The molecule has 0 saturated heterocycles. The first-order chi connectivity index (χ1) is 9.26. The van der Waals surface area contributed by atoms with Crippen LogP contribution in [0.25, 0.3) is 5.57 Å². The molecule has 1 aromatic rings. The van der Waals surface area contributed by atoms with E-state index in [1.54, 1.807) is 4.90 Å². The van der Waals surface area contributed by atoms with Crippen LogP contribution in [-0.2, 0) is 11.2 Å². The highest BCUT2D eigenvalue weighted by molar-refractivity contribution is 6.30. The highest BCUT2D eigenvalue weighted by atomic mass is 35.5. The minimum atomic E-state index is -0.485. The zero-order chi connectivity index (χ0) is 14.9. The van der Waals surface area contributed by atoms with Gasteiger partial charge in [0.1, 0.15) is 5.60 Å². The van der Waals surface area contributed by atoms with Crippen LogP contribution in [-0.4, -0.2) is 29.7 Å². The highest BCUT2D eigenvalue weighted by Gasteiger charge is 2.25. The van der Waals surface area contributed by atoms with Crippen LogP contribution in [0.3, 0.4) is 0 Å². The summed E-state index contributed by atoms with van der Waals surface area (Å²) in [5, 5.41) is 0.710. The number of rotatable bonds is 0. The number of amides is 1. The van der Waals surface area contributed by atoms with E-state index in [9.17, 15) is 4.79 Å². The molecule has 0 aromatic heterocycles. The number of benzene rings is 1. The fourth-order valence-electron chi connectivity index (χ4n) is 2.25. The molecule has 2 rings (SSSR count). The van der Waals surface area contributed by atoms with Crippen molar-refractivity contribution in [3.05, 3.63) is 40.9 Å². The number of nitrogens with zero attached hydrogens (tertiary/aromatic N) is 1. The Labute approximate surface area is 125 Å². The van der Waals surface area contributed by atoms with Gasteiger partial charge in [0.2, 0.25) is 0 Å². The van der Waals surface area contributed by atoms with E-state index in [4.69, 9.17) is 16.3 Å². The maximum Gasteiger partial charge on any atom is 0.410 e. The fourth-order valence-corrected chi connectivity index (χ4v) is 2.44. The number of fused-ring (bicyclic) bond motifs is 1. The van der Waals surface area contributed by atoms with E-state index < -0.39 is 5.60 Å². The van der Waals surface area contributed by atoms with E-state index in [0.29, 0.717) is 18.1 Å². The third kappa shape index (κ3) is 3.54. The normalized spacial score (nSPS) is 15.6. The monoisotopic (exact) mass is 293 g/mol. The van der Waals surface area contributed by atoms with Crippen LogP contribution in [0.1, 0.15) is 31.9 Å². The van der Waals surface area contributed by atoms with Gasteiger partial charge in [0.15, 0.2) is 0 Å². The van der Waals surface area contributed by atoms with Gasteiger partial charge in [-0.05, 0) is 56.0 Å². The topological polar surface area (TPSA) is 29.5 Å². The molecule has 0 atom stereocenters. The summed E-state index contributed by atoms with van der Waals surface area (Å²) in [6, 6.07) is 5.77. The number of carbonyl (C=O) groups excluding carboxylic acids is 1. The standard InChI is InChI=1S/C16H20ClNO2/c1-11-10-18(15(19)20-16(2,3)4)8-7-12-9-13(17)5-6-14(11)12/h5-6,9H,1,7-8,10H2,2-4H3. The summed E-state index contributed by atoms with van der Waals surface area (Å²) in [4.78, 5) is 13.9. The molecule has 0 radical (unpaired) electrons. The number of halogens is 1. The highest BCUT2D eigenvalue weighted by Crippen LogP contribution is 2.26. The van der Waals surface area contributed by atoms with Gasteiger partial charge in [-0.25, -0.2) is 4.79 Å². The summed E-state index contributed by atoms with van der Waals surface area (Å²) in [5.74, 6) is 0. The molecular weight excluding hydrogens is 274 g/mol. The predicted molar refractivity (Wildman–Crippen MR) is 82.0 cm³/mol. The maximum atomic E-state index is 12.2. The first kappa shape index (κ1) is 14.9. The minimum absolute atomic E-state index is 0.294. The van der Waals surface area contributed by atoms with Gasteiger partial charge in [-0.1, -0.05) is 24.2 Å². The molecule has 0 bridgehead atoms. The van der Waals surface area contributed by atoms with Gasteiger partial charge in [0, 0.05) is 18.1 Å². The van der Waals surface area contributed by atoms with Crippen molar-refractivity contribution < 1.29 is 9.53 Å². The first-order valence-corrected chi connectivity index (χ1v) is 7.08. The molecule has 4 heteroatoms. The minimum Gasteiger partial charge on any atom is -0.444 e. The number of hydrogen-bond donors (Lipinski definition) is 0. The third-order valence-corrected chi connectivity index (χ3v) is 3.37. The van der Waals surface area contributed by atoms with Crippen LogP contribution in [0.2, 0.25) is 5.02 Å². The molecule has 1 aliphatic heterocycles. The molecule has 1 aliphatic rings. The number of ether oxygens (including phenoxy) is 1. The molecule has 0 N–H and O–H groups in total. The molecule has 3 nitrogen and oxygen atoms in total. The van der Waals surface area contributed by atoms with Crippen molar-refractivity contribution >= 4 is 23.3 Å². The van der Waals surface area contributed by atoms with E-state index in [0.717, 1.165) is 23.1 Å². The van der Waals surface area contributed by atoms with Gasteiger partial charge in [0.05, 0.1) is 0 Å². The molecule has 1 aromatic carbocycles. The lowest BCUT2D eigenvalue weighted by molar-refractivity contribution is 0.0280. The second-order valence-corrected chi connectivity index (χ2v) is 6.49. The summed E-state index contributed by atoms with van der Waals surface area (Å²) >= 11 is 6.03. The summed E-state index contributed by atoms with van der Waals surface area (Å²) in [5.41, 5.74) is 2.65. The van der Waals surface area contributed by atoms with E-state index in [2.05, 4.69) is 6.58 Å². The molecule has 0 fully saturated rings. The van der Waals surface area contributed by atoms with Gasteiger partial charge >= 0.3 is 6.09 Å². The molecule has 1 heterocycles. The molecule has 0 aliphatic carbocycles. The molecular formula is C16H20ClNO2. The van der Waals surface area contributed by atoms with Crippen molar-refractivity contribution in [3.8, 4) is 0 Å². The third-order valence-electron chi connectivity index (χ3n) is 3.13. The Morgan fingerprint density at radius 1 is 1.40 bits per heavy atom. The van der Waals surface area contributed by atoms with E-state index in [1.165, 1.54) is 0 Å². The Bertz CT molecular complexity index is 546. The van der Waals surface area contributed by atoms with Crippen molar-refractivity contribution in [1.29, 1.82) is 0 Å². The van der Waals surface area contributed by atoms with E-state index in [1.807, 2.05) is 39.0 Å². The SMILES string of the molecule is C=C1CN(C(=O)OC(C)(C)C)CCc2cc(Cl)ccc21. The zero-order valence-electron chi connectivity index (χ0n) is 12.2. The Morgan fingerprint density at radius 3 is 2.75 bits per heavy atom. The Balaban J connectivity index is 2.17. The van der Waals surface area contributed by atoms with Crippen LogP contribution in [0.5, 0.6) is 0 Å². The molecule has 20 heavy (non-hydrogen) atoms. The van der Waals surface area contributed by atoms with Crippen molar-refractivity contribution in [3.63, 3.8) is 0 Å². The Kier molecular flexibility index (Phi) is 4.09.